The summed E-state index contributed by atoms with van der Waals surface area (Å²) >= 11 is 2.13. The number of thiazole rings is 2. The number of aromatic nitrogens is 2. The molecule has 1 aliphatic heterocycles. The summed E-state index contributed by atoms with van der Waals surface area (Å²) in [7, 11) is -4.80. The molecule has 0 spiro atoms. The zero-order valence-corrected chi connectivity index (χ0v) is 22.4. The van der Waals surface area contributed by atoms with Crippen LogP contribution in [0.4, 0.5) is 10.3 Å². The first-order chi connectivity index (χ1) is 17.6. The van der Waals surface area contributed by atoms with Crippen LogP contribution >= 0.6 is 22.7 Å². The van der Waals surface area contributed by atoms with Gasteiger partial charge in [-0.1, -0.05) is 5.16 Å². The molecular weight excluding hydrogens is 566 g/mol. The van der Waals surface area contributed by atoms with E-state index in [9.17, 15) is 27.6 Å². The molecule has 4 amide bonds. The van der Waals surface area contributed by atoms with Crippen molar-refractivity contribution in [2.45, 2.75) is 44.9 Å². The lowest BCUT2D eigenvalue weighted by Crippen LogP contribution is -2.71. The minimum absolute atomic E-state index is 0.0527. The second-order valence-corrected chi connectivity index (χ2v) is 11.3. The predicted molar refractivity (Wildman–Crippen MR) is 135 cm³/mol. The molecule has 0 bridgehead atoms. The van der Waals surface area contributed by atoms with Gasteiger partial charge < -0.3 is 21.6 Å². The van der Waals surface area contributed by atoms with E-state index < -0.39 is 57.3 Å². The molecule has 2 atom stereocenters. The van der Waals surface area contributed by atoms with Crippen LogP contribution in [0.15, 0.2) is 15.9 Å². The topological polar surface area (TPSA) is 261 Å². The number of carbonyl (C=O) groups excluding carboxylic acids is 4. The van der Waals surface area contributed by atoms with Gasteiger partial charge in [-0.15, -0.1) is 22.7 Å². The number of nitrogens with one attached hydrogen (secondary N) is 3. The van der Waals surface area contributed by atoms with Gasteiger partial charge in [-0.2, -0.15) is 8.42 Å². The van der Waals surface area contributed by atoms with Gasteiger partial charge in [0, 0.05) is 10.8 Å². The smallest absolute Gasteiger partial charge is 0.362 e. The summed E-state index contributed by atoms with van der Waals surface area (Å²) < 4.78 is 31.9. The van der Waals surface area contributed by atoms with Crippen LogP contribution in [0.2, 0.25) is 0 Å². The van der Waals surface area contributed by atoms with Crippen molar-refractivity contribution < 1.29 is 37.0 Å². The minimum atomic E-state index is -4.80. The highest BCUT2D eigenvalue weighted by molar-refractivity contribution is 7.84. The van der Waals surface area contributed by atoms with Crippen molar-refractivity contribution in [2.75, 3.05) is 11.5 Å². The van der Waals surface area contributed by atoms with Crippen LogP contribution in [0.3, 0.4) is 0 Å². The van der Waals surface area contributed by atoms with Crippen LogP contribution in [-0.4, -0.2) is 74.3 Å². The first-order valence-corrected chi connectivity index (χ1v) is 13.6. The quantitative estimate of drug-likeness (QED) is 0.0816. The molecule has 0 radical (unpaired) electrons. The number of hydrogen-bond donors (Lipinski definition) is 6. The summed E-state index contributed by atoms with van der Waals surface area (Å²) in [5, 5.41) is 9.35. The van der Waals surface area contributed by atoms with Crippen LogP contribution in [0, 0.1) is 0 Å². The number of anilines is 2. The van der Waals surface area contributed by atoms with Crippen LogP contribution in [-0.2, 0) is 40.7 Å². The van der Waals surface area contributed by atoms with Crippen molar-refractivity contribution >= 4 is 72.6 Å². The minimum Gasteiger partial charge on any atom is -0.379 e. The van der Waals surface area contributed by atoms with Gasteiger partial charge in [0.2, 0.25) is 11.5 Å². The van der Waals surface area contributed by atoms with Crippen LogP contribution in [0.5, 0.6) is 0 Å². The molecular formula is C18H23N9O8S3. The van der Waals surface area contributed by atoms with Gasteiger partial charge in [0.1, 0.15) is 11.7 Å². The van der Waals surface area contributed by atoms with Crippen molar-refractivity contribution in [2.24, 2.45) is 5.16 Å². The average molecular weight is 590 g/mol. The fraction of sp³-hybridized carbons (Fsp3) is 0.389. The van der Waals surface area contributed by atoms with Gasteiger partial charge in [0.25, 0.3) is 17.7 Å². The molecule has 1 fully saturated rings. The third-order valence-electron chi connectivity index (χ3n) is 4.99. The lowest BCUT2D eigenvalue weighted by atomic mass is 10.0. The zero-order valence-electron chi connectivity index (χ0n) is 20.0. The fourth-order valence-corrected chi connectivity index (χ4v) is 5.00. The molecule has 20 heteroatoms. The van der Waals surface area contributed by atoms with Crippen molar-refractivity contribution in [1.29, 1.82) is 0 Å². The van der Waals surface area contributed by atoms with Gasteiger partial charge in [-0.25, -0.2) is 14.3 Å². The molecule has 1 aliphatic rings. The molecule has 3 rings (SSSR count). The normalized spacial score (nSPS) is 17.9. The molecule has 1 saturated heterocycles. The molecule has 2 aromatic heterocycles. The molecule has 2 aromatic rings. The Hall–Kier alpha value is -3.88. The maximum Gasteiger partial charge on any atom is 0.362 e. The number of β-lactam (4-membered cyclic amide) rings is 1. The summed E-state index contributed by atoms with van der Waals surface area (Å²) in [6.07, 6.45) is -0.143. The summed E-state index contributed by atoms with van der Waals surface area (Å²) in [4.78, 5) is 62.9. The Morgan fingerprint density at radius 1 is 1.18 bits per heavy atom. The number of nitrogens with two attached hydrogens (primary N) is 2. The number of carbonyl (C=O) groups is 4. The summed E-state index contributed by atoms with van der Waals surface area (Å²) in [6, 6.07) is -2.39. The fourth-order valence-electron chi connectivity index (χ4n) is 3.00. The molecule has 0 unspecified atom stereocenters. The number of hydrazine groups is 1. The Bertz CT molecular complexity index is 1400. The lowest BCUT2D eigenvalue weighted by molar-refractivity contribution is -0.146. The van der Waals surface area contributed by atoms with Gasteiger partial charge in [0.05, 0.1) is 18.2 Å². The van der Waals surface area contributed by atoms with E-state index in [2.05, 4.69) is 31.3 Å². The zero-order chi connectivity index (χ0) is 28.4. The highest BCUT2D eigenvalue weighted by Gasteiger charge is 2.51. The number of oxime groups is 1. The SMILES string of the molecule is C[C@H]1[C@H](NC(=O)/C(=N\OC(C)(C)C(=O)NNC(=O)Cc2csc(N)n2)c2csc(N)n2)C(=O)N1S(=O)(=O)O. The standard InChI is InChI=1S/C18H23N9O8S3/c1-7-11(14(30)27(7)38(32,33)34)23-13(29)12(9-6-37-17(20)22-9)26-35-18(2,3)15(31)25-24-10(28)4-8-5-36-16(19)21-8/h5-7,11H,4H2,1-3H3,(H2,19,21)(H2,20,22)(H,23,29)(H,24,28)(H,25,31)(H,32,33,34)/b26-12-/t7-,11-/m0/s1. The molecule has 0 aliphatic carbocycles. The van der Waals surface area contributed by atoms with Gasteiger partial charge in [0.15, 0.2) is 16.0 Å². The Balaban J connectivity index is 1.68. The number of hydrogen-bond acceptors (Lipinski definition) is 14. The Morgan fingerprint density at radius 2 is 1.82 bits per heavy atom. The summed E-state index contributed by atoms with van der Waals surface area (Å²) in [6.45, 7) is 3.89. The Kier molecular flexibility index (Phi) is 8.19. The molecule has 0 saturated carbocycles. The predicted octanol–water partition coefficient (Wildman–Crippen LogP) is -1.83. The van der Waals surface area contributed by atoms with Gasteiger partial charge >= 0.3 is 10.3 Å². The van der Waals surface area contributed by atoms with E-state index >= 15 is 0 Å². The Morgan fingerprint density at radius 3 is 2.34 bits per heavy atom. The average Bonchev–Trinajstić information content (AvgIpc) is 3.42. The first kappa shape index (κ1) is 28.7. The van der Waals surface area contributed by atoms with E-state index in [1.807, 2.05) is 0 Å². The monoisotopic (exact) mass is 589 g/mol. The number of amides is 4. The van der Waals surface area contributed by atoms with Crippen molar-refractivity contribution in [3.8, 4) is 0 Å². The number of nitrogens with zero attached hydrogens (tertiary/aromatic N) is 4. The number of rotatable bonds is 9. The highest BCUT2D eigenvalue weighted by Crippen LogP contribution is 2.23. The third-order valence-corrected chi connectivity index (χ3v) is 7.40. The molecule has 38 heavy (non-hydrogen) atoms. The molecule has 0 aromatic carbocycles. The van der Waals surface area contributed by atoms with E-state index in [0.717, 1.165) is 22.7 Å². The molecule has 8 N–H and O–H groups in total. The van der Waals surface area contributed by atoms with Gasteiger partial charge in [-0.3, -0.25) is 34.6 Å². The first-order valence-electron chi connectivity index (χ1n) is 10.5. The van der Waals surface area contributed by atoms with E-state index in [-0.39, 0.29) is 26.7 Å². The maximum atomic E-state index is 12.9. The van der Waals surface area contributed by atoms with Crippen molar-refractivity contribution in [3.63, 3.8) is 0 Å². The summed E-state index contributed by atoms with van der Waals surface area (Å²) in [5.41, 5.74) is 13.7. The highest BCUT2D eigenvalue weighted by atomic mass is 32.2. The van der Waals surface area contributed by atoms with E-state index in [4.69, 9.17) is 20.9 Å². The van der Waals surface area contributed by atoms with E-state index in [0.29, 0.717) is 5.69 Å². The van der Waals surface area contributed by atoms with Crippen molar-refractivity contribution in [1.82, 2.24) is 30.4 Å². The van der Waals surface area contributed by atoms with Gasteiger partial charge in [-0.05, 0) is 20.8 Å². The van der Waals surface area contributed by atoms with E-state index in [1.165, 1.54) is 26.2 Å². The Labute approximate surface area is 223 Å². The second kappa shape index (κ2) is 10.8. The molecule has 3 heterocycles. The molecule has 206 valence electrons. The maximum absolute atomic E-state index is 12.9. The third kappa shape index (κ3) is 6.51. The second-order valence-electron chi connectivity index (χ2n) is 8.27. The van der Waals surface area contributed by atoms with Crippen LogP contribution in [0.25, 0.3) is 0 Å². The lowest BCUT2D eigenvalue weighted by Gasteiger charge is -2.42. The van der Waals surface area contributed by atoms with E-state index in [1.54, 1.807) is 5.38 Å². The van der Waals surface area contributed by atoms with Crippen LogP contribution in [0.1, 0.15) is 32.2 Å². The number of nitrogen functional groups attached to an aromatic ring is 2. The van der Waals surface area contributed by atoms with Crippen LogP contribution < -0.4 is 27.6 Å². The largest absolute Gasteiger partial charge is 0.379 e. The van der Waals surface area contributed by atoms with Crippen molar-refractivity contribution in [3.05, 3.63) is 22.1 Å². The molecule has 17 nitrogen and oxygen atoms in total. The summed E-state index contributed by atoms with van der Waals surface area (Å²) in [5.74, 6) is -3.49.